The van der Waals surface area contributed by atoms with Crippen LogP contribution in [0.4, 0.5) is 9.59 Å². The van der Waals surface area contributed by atoms with Gasteiger partial charge in [0.05, 0.1) is 0 Å². The Balaban J connectivity index is 2.88. The van der Waals surface area contributed by atoms with E-state index in [4.69, 9.17) is 5.73 Å². The van der Waals surface area contributed by atoms with Gasteiger partial charge in [0.2, 0.25) is 0 Å². The van der Waals surface area contributed by atoms with Crippen molar-refractivity contribution in [3.8, 4) is 0 Å². The molecule has 0 spiro atoms. The Bertz CT molecular complexity index is 280. The molecule has 7 heteroatoms. The van der Waals surface area contributed by atoms with Gasteiger partial charge in [0.25, 0.3) is 0 Å². The third-order valence-electron chi connectivity index (χ3n) is 2.05. The van der Waals surface area contributed by atoms with Gasteiger partial charge in [-0.2, -0.15) is 0 Å². The first-order valence-corrected chi connectivity index (χ1v) is 13.2. The molecule has 4 nitrogen and oxygen atoms in total. The summed E-state index contributed by atoms with van der Waals surface area (Å²) in [5, 5.41) is 0. The SMILES string of the molecule is C[Si](C)(C([NH])=O)[Co]1[NH]C(=O)[Si]1(C)C. The van der Waals surface area contributed by atoms with Crippen LogP contribution in [0.5, 0.6) is 0 Å². The fraction of sp³-hybridized carbons (Fsp3) is 0.667. The molecular weight excluding hydrogens is 247 g/mol. The fourth-order valence-electron chi connectivity index (χ4n) is 1.02. The quantitative estimate of drug-likeness (QED) is 0.759. The molecule has 1 saturated heterocycles. The van der Waals surface area contributed by atoms with Gasteiger partial charge in [0.15, 0.2) is 0 Å². The zero-order chi connectivity index (χ0) is 10.4. The Hall–Kier alpha value is -0.120. The van der Waals surface area contributed by atoms with Gasteiger partial charge in [0, 0.05) is 0 Å². The summed E-state index contributed by atoms with van der Waals surface area (Å²) in [6, 6.07) is 0. The number of carbonyl (C=O) groups is 2. The van der Waals surface area contributed by atoms with Crippen LogP contribution in [0.25, 0.3) is 0 Å². The second-order valence-corrected chi connectivity index (χ2v) is 23.4. The van der Waals surface area contributed by atoms with Crippen LogP contribution in [0.15, 0.2) is 0 Å². The van der Waals surface area contributed by atoms with E-state index >= 15 is 0 Å². The monoisotopic (exact) mass is 261 g/mol. The number of hydrogen-bond acceptors (Lipinski definition) is 2. The molecule has 0 unspecified atom stereocenters. The minimum atomic E-state index is -2.15. The molecule has 1 radical (unpaired) electrons. The zero-order valence-corrected chi connectivity index (χ0v) is 11.2. The molecule has 0 aromatic carbocycles. The first-order valence-electron chi connectivity index (χ1n) is 3.91. The van der Waals surface area contributed by atoms with Gasteiger partial charge >= 0.3 is 83.0 Å². The van der Waals surface area contributed by atoms with Gasteiger partial charge in [-0.05, 0) is 0 Å². The van der Waals surface area contributed by atoms with Crippen molar-refractivity contribution in [2.24, 2.45) is 0 Å². The number of carbonyl (C=O) groups excluding carboxylic acids is 2. The molecule has 2 amide bonds. The molecule has 0 aliphatic carbocycles. The van der Waals surface area contributed by atoms with E-state index in [-0.39, 0.29) is 5.53 Å². The van der Waals surface area contributed by atoms with Gasteiger partial charge in [-0.25, -0.2) is 0 Å². The number of amides is 2. The van der Waals surface area contributed by atoms with Crippen LogP contribution in [0.3, 0.4) is 0 Å². The fourth-order valence-corrected chi connectivity index (χ4v) is 27.9. The summed E-state index contributed by atoms with van der Waals surface area (Å²) < 4.78 is 2.86. The minimum absolute atomic E-state index is 0.152. The van der Waals surface area contributed by atoms with E-state index in [1.165, 1.54) is 0 Å². The molecule has 1 fully saturated rings. The molecule has 1 aliphatic heterocycles. The summed E-state index contributed by atoms with van der Waals surface area (Å²) in [5.41, 5.74) is 6.92. The molecule has 0 atom stereocenters. The zero-order valence-electron chi connectivity index (χ0n) is 8.15. The molecule has 13 heavy (non-hydrogen) atoms. The number of rotatable bonds is 2. The third-order valence-corrected chi connectivity index (χ3v) is 26.9. The van der Waals surface area contributed by atoms with E-state index < -0.39 is 31.6 Å². The Morgan fingerprint density at radius 2 is 2.00 bits per heavy atom. The van der Waals surface area contributed by atoms with Gasteiger partial charge in [0.1, 0.15) is 0 Å². The first-order chi connectivity index (χ1) is 5.70. The van der Waals surface area contributed by atoms with E-state index in [0.29, 0.717) is 0 Å². The van der Waals surface area contributed by atoms with Crippen LogP contribution < -0.4 is 10.1 Å². The van der Waals surface area contributed by atoms with E-state index in [0.717, 1.165) is 0 Å². The summed E-state index contributed by atoms with van der Waals surface area (Å²) >= 11 is -0.598. The summed E-state index contributed by atoms with van der Waals surface area (Å²) in [7, 11) is 0. The maximum absolute atomic E-state index is 11.2. The van der Waals surface area contributed by atoms with Crippen LogP contribution in [-0.4, -0.2) is 24.5 Å². The summed E-state index contributed by atoms with van der Waals surface area (Å²) in [6.45, 7) is 3.77. The summed E-state index contributed by atoms with van der Waals surface area (Å²) in [5.74, 6) is 0. The number of hydrogen-bond donors (Lipinski definition) is 1. The van der Waals surface area contributed by atoms with Crippen LogP contribution in [-0.2, 0) is 12.6 Å². The van der Waals surface area contributed by atoms with Crippen LogP contribution in [0.1, 0.15) is 0 Å². The van der Waals surface area contributed by atoms with Crippen molar-refractivity contribution >= 4 is 24.5 Å². The topological polar surface area (TPSA) is 70.0 Å². The van der Waals surface area contributed by atoms with E-state index in [1.807, 2.05) is 26.2 Å². The predicted octanol–water partition coefficient (Wildman–Crippen LogP) is 1.22. The molecule has 0 bridgehead atoms. The molecule has 1 heterocycles. The van der Waals surface area contributed by atoms with Crippen molar-refractivity contribution in [1.82, 2.24) is 10.1 Å². The molecule has 1 rings (SSSR count). The van der Waals surface area contributed by atoms with E-state index in [1.54, 1.807) is 0 Å². The van der Waals surface area contributed by atoms with Crippen LogP contribution in [0.2, 0.25) is 26.2 Å². The Morgan fingerprint density at radius 3 is 2.23 bits per heavy atom. The Kier molecular flexibility index (Phi) is 2.48. The standard InChI is InChI=1S/C3H8NOSi.C3H7NOSi.Co/c2*1-6(2)3(4)5;/h1-2H3,(H2,4,5);4H,1-2H3;/q;;+1/p-1. The molecule has 0 aromatic rings. The molecular formula is C6H14CoN2O2Si2. The molecule has 77 valence electrons. The van der Waals surface area contributed by atoms with Crippen LogP contribution in [0, 0.1) is 0 Å². The maximum atomic E-state index is 11.2. The van der Waals surface area contributed by atoms with E-state index in [2.05, 4.69) is 4.37 Å². The van der Waals surface area contributed by atoms with Gasteiger partial charge in [-0.3, -0.25) is 0 Å². The summed E-state index contributed by atoms with van der Waals surface area (Å²) in [4.78, 5) is 22.4. The van der Waals surface area contributed by atoms with Crippen LogP contribution >= 0.6 is 0 Å². The predicted molar refractivity (Wildman–Crippen MR) is 52.0 cm³/mol. The van der Waals surface area contributed by atoms with Crippen molar-refractivity contribution in [1.29, 1.82) is 0 Å². The van der Waals surface area contributed by atoms with Crippen molar-refractivity contribution in [3.05, 3.63) is 0 Å². The normalized spacial score (nSPS) is 23.4. The van der Waals surface area contributed by atoms with Crippen molar-refractivity contribution in [2.45, 2.75) is 26.2 Å². The van der Waals surface area contributed by atoms with E-state index in [9.17, 15) is 9.59 Å². The summed E-state index contributed by atoms with van der Waals surface area (Å²) in [6.07, 6.45) is 0. The van der Waals surface area contributed by atoms with Crippen molar-refractivity contribution in [3.63, 3.8) is 0 Å². The number of nitrogens with one attached hydrogen (secondary N) is 2. The molecule has 1 aliphatic rings. The average Bonchev–Trinajstić information content (AvgIpc) is 1.99. The molecule has 0 aromatic heterocycles. The van der Waals surface area contributed by atoms with Gasteiger partial charge in [-0.1, -0.05) is 0 Å². The first kappa shape index (κ1) is 11.0. The second kappa shape index (κ2) is 2.94. The van der Waals surface area contributed by atoms with Gasteiger partial charge in [-0.15, -0.1) is 0 Å². The Labute approximate surface area is 83.2 Å². The molecule has 0 saturated carbocycles. The Morgan fingerprint density at radius 1 is 1.54 bits per heavy atom. The molecule has 2 N–H and O–H groups in total. The average molecular weight is 261 g/mol. The van der Waals surface area contributed by atoms with Crippen molar-refractivity contribution < 1.29 is 22.2 Å². The second-order valence-electron chi connectivity index (χ2n) is 3.82. The third kappa shape index (κ3) is 1.49. The van der Waals surface area contributed by atoms with Gasteiger partial charge < -0.3 is 0 Å². The van der Waals surface area contributed by atoms with Crippen molar-refractivity contribution in [2.75, 3.05) is 0 Å².